The molecular formula is C24H53NO7S. The number of aliphatic hydroxyl groups excluding tert-OH is 3. The van der Waals surface area contributed by atoms with Gasteiger partial charge in [-0.3, -0.25) is 9.45 Å². The molecule has 0 aromatic heterocycles. The first-order valence-electron chi connectivity index (χ1n) is 12.9. The largest absolute Gasteiger partial charge is 0.397 e. The maximum atomic E-state index is 10.3. The molecule has 0 aliphatic carbocycles. The lowest BCUT2D eigenvalue weighted by Gasteiger charge is -2.17. The summed E-state index contributed by atoms with van der Waals surface area (Å²) in [5.74, 6) is 0.852. The van der Waals surface area contributed by atoms with Crippen LogP contribution in [0.15, 0.2) is 0 Å². The van der Waals surface area contributed by atoms with Crippen LogP contribution in [0.4, 0.5) is 0 Å². The number of rotatable bonds is 23. The summed E-state index contributed by atoms with van der Waals surface area (Å²) in [6, 6.07) is 0. The van der Waals surface area contributed by atoms with Crippen LogP contribution in [-0.2, 0) is 14.6 Å². The lowest BCUT2D eigenvalue weighted by Crippen LogP contribution is -2.32. The molecule has 0 aromatic carbocycles. The fourth-order valence-electron chi connectivity index (χ4n) is 3.52. The fraction of sp³-hybridized carbons (Fsp3) is 1.00. The van der Waals surface area contributed by atoms with E-state index in [4.69, 9.17) is 19.9 Å². The van der Waals surface area contributed by atoms with Crippen molar-refractivity contribution in [2.24, 2.45) is 5.92 Å². The van der Waals surface area contributed by atoms with Crippen LogP contribution in [0.1, 0.15) is 104 Å². The third-order valence-electron chi connectivity index (χ3n) is 5.41. The first-order chi connectivity index (χ1) is 15.8. The van der Waals surface area contributed by atoms with Crippen molar-refractivity contribution in [3.05, 3.63) is 0 Å². The van der Waals surface area contributed by atoms with E-state index >= 15 is 0 Å². The van der Waals surface area contributed by atoms with E-state index in [9.17, 15) is 8.42 Å². The molecule has 0 unspecified atom stereocenters. The molecule has 0 bridgehead atoms. The summed E-state index contributed by atoms with van der Waals surface area (Å²) in [6.45, 7) is 6.44. The van der Waals surface area contributed by atoms with Crippen LogP contribution in [0, 0.1) is 5.92 Å². The molecule has 0 amide bonds. The third kappa shape index (κ3) is 34.0. The highest BCUT2D eigenvalue weighted by molar-refractivity contribution is 7.80. The van der Waals surface area contributed by atoms with Gasteiger partial charge in [0.05, 0.1) is 26.4 Å². The van der Waals surface area contributed by atoms with E-state index in [-0.39, 0.29) is 26.4 Å². The van der Waals surface area contributed by atoms with Crippen LogP contribution in [0.5, 0.6) is 0 Å². The van der Waals surface area contributed by atoms with Gasteiger partial charge in [-0.1, -0.05) is 97.3 Å². The molecule has 0 aliphatic heterocycles. The first-order valence-corrected chi connectivity index (χ1v) is 14.3. The van der Waals surface area contributed by atoms with Crippen LogP contribution >= 0.6 is 0 Å². The summed E-state index contributed by atoms with van der Waals surface area (Å²) in [4.78, 5) is 1.79. The minimum Gasteiger partial charge on any atom is -0.395 e. The molecule has 0 aromatic rings. The number of unbranched alkanes of at least 4 members (excludes halogenated alkanes) is 12. The van der Waals surface area contributed by atoms with Crippen molar-refractivity contribution in [2.45, 2.75) is 104 Å². The molecular weight excluding hydrogens is 446 g/mol. The van der Waals surface area contributed by atoms with Crippen molar-refractivity contribution in [3.63, 3.8) is 0 Å². The maximum Gasteiger partial charge on any atom is 0.397 e. The third-order valence-corrected chi connectivity index (χ3v) is 5.87. The van der Waals surface area contributed by atoms with Crippen LogP contribution < -0.4 is 0 Å². The van der Waals surface area contributed by atoms with Crippen LogP contribution in [0.3, 0.4) is 0 Å². The van der Waals surface area contributed by atoms with Gasteiger partial charge in [0.15, 0.2) is 0 Å². The van der Waals surface area contributed by atoms with Crippen LogP contribution in [-0.4, -0.2) is 79.3 Å². The van der Waals surface area contributed by atoms with Crippen LogP contribution in [0.25, 0.3) is 0 Å². The van der Waals surface area contributed by atoms with E-state index in [2.05, 4.69) is 18.0 Å². The van der Waals surface area contributed by atoms with Gasteiger partial charge in [-0.25, -0.2) is 4.18 Å². The Kier molecular flexibility index (Phi) is 27.8. The smallest absolute Gasteiger partial charge is 0.395 e. The van der Waals surface area contributed by atoms with Gasteiger partial charge in [0, 0.05) is 19.6 Å². The highest BCUT2D eigenvalue weighted by Gasteiger charge is 2.03. The standard InChI is InChI=1S/C18H38O4S.C6H15NO3/c1-18(2)16-14-12-10-8-6-4-3-5-7-9-11-13-15-17-22-23(19,20)21;8-4-1-7(2-5-9)3-6-10/h18H,3-17H2,1-2H3,(H,19,20,21);8-10H,1-6H2. The summed E-state index contributed by atoms with van der Waals surface area (Å²) in [6.07, 6.45) is 17.6. The van der Waals surface area contributed by atoms with E-state index in [1.54, 1.807) is 4.90 Å². The van der Waals surface area contributed by atoms with E-state index in [1.165, 1.54) is 70.6 Å². The molecule has 0 fully saturated rings. The molecule has 9 heteroatoms. The number of hydrogen-bond acceptors (Lipinski definition) is 7. The normalized spacial score (nSPS) is 11.8. The summed E-state index contributed by atoms with van der Waals surface area (Å²) in [5, 5.41) is 25.5. The SMILES string of the molecule is CC(C)CCCCCCCCCCCCCCCOS(=O)(=O)O.OCCN(CCO)CCO. The van der Waals surface area contributed by atoms with Crippen LogP contribution in [0.2, 0.25) is 0 Å². The quantitative estimate of drug-likeness (QED) is 0.122. The number of nitrogens with zero attached hydrogens (tertiary/aromatic N) is 1. The van der Waals surface area contributed by atoms with E-state index in [1.807, 2.05) is 0 Å². The molecule has 0 spiro atoms. The van der Waals surface area contributed by atoms with Crippen molar-refractivity contribution in [3.8, 4) is 0 Å². The lowest BCUT2D eigenvalue weighted by atomic mass is 10.0. The minimum atomic E-state index is -4.25. The molecule has 0 saturated heterocycles. The summed E-state index contributed by atoms with van der Waals surface area (Å²) in [5.41, 5.74) is 0. The number of aliphatic hydroxyl groups is 3. The minimum absolute atomic E-state index is 0.0694. The lowest BCUT2D eigenvalue weighted by molar-refractivity contribution is 0.136. The second-order valence-corrected chi connectivity index (χ2v) is 10.1. The maximum absolute atomic E-state index is 10.3. The van der Waals surface area contributed by atoms with Crippen molar-refractivity contribution in [1.82, 2.24) is 4.90 Å². The number of hydrogen-bond donors (Lipinski definition) is 4. The molecule has 4 N–H and O–H groups in total. The van der Waals surface area contributed by atoms with Crippen molar-refractivity contribution in [2.75, 3.05) is 46.1 Å². The van der Waals surface area contributed by atoms with Gasteiger partial charge in [-0.15, -0.1) is 0 Å². The predicted octanol–water partition coefficient (Wildman–Crippen LogP) is 4.19. The van der Waals surface area contributed by atoms with E-state index in [0.29, 0.717) is 26.1 Å². The monoisotopic (exact) mass is 499 g/mol. The molecule has 0 atom stereocenters. The highest BCUT2D eigenvalue weighted by Crippen LogP contribution is 2.14. The Balaban J connectivity index is 0. The van der Waals surface area contributed by atoms with E-state index in [0.717, 1.165) is 18.8 Å². The molecule has 0 saturated carbocycles. The Morgan fingerprint density at radius 1 is 0.636 bits per heavy atom. The van der Waals surface area contributed by atoms with Gasteiger partial charge in [-0.2, -0.15) is 8.42 Å². The summed E-state index contributed by atoms with van der Waals surface area (Å²) >= 11 is 0. The Hall–Kier alpha value is -0.290. The van der Waals surface area contributed by atoms with Gasteiger partial charge in [-0.05, 0) is 12.3 Å². The Bertz CT molecular complexity index is 461. The zero-order valence-corrected chi connectivity index (χ0v) is 22.1. The Morgan fingerprint density at radius 3 is 1.27 bits per heavy atom. The summed E-state index contributed by atoms with van der Waals surface area (Å²) < 4.78 is 33.3. The van der Waals surface area contributed by atoms with Gasteiger partial charge >= 0.3 is 10.4 Å². The predicted molar refractivity (Wildman–Crippen MR) is 135 cm³/mol. The Morgan fingerprint density at radius 2 is 0.970 bits per heavy atom. The molecule has 33 heavy (non-hydrogen) atoms. The zero-order chi connectivity index (χ0) is 25.2. The first kappa shape index (κ1) is 34.9. The van der Waals surface area contributed by atoms with E-state index < -0.39 is 10.4 Å². The van der Waals surface area contributed by atoms with Gasteiger partial charge < -0.3 is 15.3 Å². The zero-order valence-electron chi connectivity index (χ0n) is 21.3. The molecule has 0 heterocycles. The highest BCUT2D eigenvalue weighted by atomic mass is 32.3. The average Bonchev–Trinajstić information content (AvgIpc) is 2.73. The van der Waals surface area contributed by atoms with Crippen molar-refractivity contribution < 1.29 is 32.5 Å². The second kappa shape index (κ2) is 26.3. The Labute approximate surface area is 203 Å². The molecule has 0 rings (SSSR count). The van der Waals surface area contributed by atoms with Gasteiger partial charge in [0.2, 0.25) is 0 Å². The summed E-state index contributed by atoms with van der Waals surface area (Å²) in [7, 11) is -4.25. The molecule has 8 nitrogen and oxygen atoms in total. The second-order valence-electron chi connectivity index (χ2n) is 9.04. The van der Waals surface area contributed by atoms with Gasteiger partial charge in [0.25, 0.3) is 0 Å². The topological polar surface area (TPSA) is 128 Å². The average molecular weight is 500 g/mol. The molecule has 0 radical (unpaired) electrons. The van der Waals surface area contributed by atoms with Gasteiger partial charge in [0.1, 0.15) is 0 Å². The van der Waals surface area contributed by atoms with Crippen molar-refractivity contribution in [1.29, 1.82) is 0 Å². The molecule has 202 valence electrons. The van der Waals surface area contributed by atoms with Crippen molar-refractivity contribution >= 4 is 10.4 Å². The molecule has 0 aliphatic rings. The fourth-order valence-corrected chi connectivity index (χ4v) is 3.85.